The van der Waals surface area contributed by atoms with Crippen molar-refractivity contribution in [1.29, 1.82) is 0 Å². The zero-order valence-electron chi connectivity index (χ0n) is 16.2. The molecule has 0 saturated carbocycles. The fraction of sp³-hybridized carbons (Fsp3) is 0.524. The third-order valence-corrected chi connectivity index (χ3v) is 7.63. The second kappa shape index (κ2) is 7.32. The summed E-state index contributed by atoms with van der Waals surface area (Å²) in [5.74, 6) is -1.03. The van der Waals surface area contributed by atoms with E-state index >= 15 is 0 Å². The van der Waals surface area contributed by atoms with Gasteiger partial charge in [-0.1, -0.05) is 18.2 Å². The topological polar surface area (TPSA) is 65.8 Å². The van der Waals surface area contributed by atoms with E-state index in [2.05, 4.69) is 4.90 Å². The normalized spacial score (nSPS) is 20.5. The number of aromatic nitrogens is 1. The van der Waals surface area contributed by atoms with E-state index in [1.807, 2.05) is 4.90 Å². The number of carboxylic acids is 1. The van der Waals surface area contributed by atoms with Crippen LogP contribution in [0.3, 0.4) is 0 Å². The number of carbonyl (C=O) groups is 1. The van der Waals surface area contributed by atoms with Crippen LogP contribution in [-0.4, -0.2) is 52.8 Å². The molecular weight excluding hydrogens is 393 g/mol. The number of anilines is 1. The number of piperidine rings is 2. The van der Waals surface area contributed by atoms with E-state index in [4.69, 9.17) is 0 Å². The van der Waals surface area contributed by atoms with E-state index < -0.39 is 11.4 Å². The second-order valence-corrected chi connectivity index (χ2v) is 9.09. The Morgan fingerprint density at radius 2 is 1.83 bits per heavy atom. The van der Waals surface area contributed by atoms with Gasteiger partial charge in [0.2, 0.25) is 5.43 Å². The highest BCUT2D eigenvalue weighted by molar-refractivity contribution is 7.99. The summed E-state index contributed by atoms with van der Waals surface area (Å²) in [5.41, 5.74) is 0.180. The molecule has 0 radical (unpaired) electrons. The molecule has 3 aliphatic rings. The first-order chi connectivity index (χ1) is 14.0. The fourth-order valence-corrected chi connectivity index (χ4v) is 5.90. The van der Waals surface area contributed by atoms with Crippen molar-refractivity contribution >= 4 is 34.3 Å². The van der Waals surface area contributed by atoms with Crippen LogP contribution in [0.2, 0.25) is 0 Å². The van der Waals surface area contributed by atoms with Crippen LogP contribution in [0.25, 0.3) is 10.9 Å². The fourth-order valence-electron chi connectivity index (χ4n) is 4.95. The maximum absolute atomic E-state index is 15.0. The number of pyridine rings is 1. The number of aromatic carboxylic acids is 1. The Labute approximate surface area is 172 Å². The van der Waals surface area contributed by atoms with Crippen molar-refractivity contribution in [2.24, 2.45) is 0 Å². The van der Waals surface area contributed by atoms with Crippen LogP contribution < -0.4 is 10.3 Å². The second-order valence-electron chi connectivity index (χ2n) is 8.15. The predicted molar refractivity (Wildman–Crippen MR) is 112 cm³/mol. The minimum absolute atomic E-state index is 0.199. The average Bonchev–Trinajstić information content (AvgIpc) is 2.70. The molecule has 1 aromatic heterocycles. The quantitative estimate of drug-likeness (QED) is 0.826. The smallest absolute Gasteiger partial charge is 0.342 e. The van der Waals surface area contributed by atoms with Crippen LogP contribution in [0.4, 0.5) is 10.1 Å². The van der Waals surface area contributed by atoms with Crippen molar-refractivity contribution < 1.29 is 14.3 Å². The summed E-state index contributed by atoms with van der Waals surface area (Å²) in [6, 6.07) is 3.52. The first-order valence-electron chi connectivity index (χ1n) is 10.3. The Balaban J connectivity index is 1.46. The zero-order valence-corrected chi connectivity index (χ0v) is 17.0. The minimum atomic E-state index is -1.22. The Bertz CT molecular complexity index is 1040. The maximum Gasteiger partial charge on any atom is 0.342 e. The van der Waals surface area contributed by atoms with Crippen molar-refractivity contribution in [1.82, 2.24) is 9.47 Å². The first kappa shape index (κ1) is 18.9. The summed E-state index contributed by atoms with van der Waals surface area (Å²) >= 11 is 1.31. The Hall–Kier alpha value is -2.06. The number of fused-ring (bicyclic) bond motifs is 3. The summed E-state index contributed by atoms with van der Waals surface area (Å²) in [6.07, 6.45) is 5.80. The van der Waals surface area contributed by atoms with Crippen LogP contribution in [0.1, 0.15) is 42.5 Å². The van der Waals surface area contributed by atoms with Gasteiger partial charge in [-0.25, -0.2) is 9.18 Å². The van der Waals surface area contributed by atoms with Crippen molar-refractivity contribution in [3.8, 4) is 0 Å². The van der Waals surface area contributed by atoms with Gasteiger partial charge in [-0.3, -0.25) is 4.79 Å². The molecule has 3 aliphatic heterocycles. The molecule has 2 aromatic rings. The monoisotopic (exact) mass is 417 g/mol. The van der Waals surface area contributed by atoms with Crippen LogP contribution in [0.15, 0.2) is 22.0 Å². The minimum Gasteiger partial charge on any atom is -0.477 e. The van der Waals surface area contributed by atoms with Crippen LogP contribution >= 0.6 is 11.8 Å². The average molecular weight is 418 g/mol. The SMILES string of the molecule is O=C(O)c1c2n(c3cc(F)c(N4CCC(N5CCCCC5)CC4)cc3c1=O)CS2. The van der Waals surface area contributed by atoms with Gasteiger partial charge < -0.3 is 19.5 Å². The van der Waals surface area contributed by atoms with E-state index in [0.717, 1.165) is 39.0 Å². The summed E-state index contributed by atoms with van der Waals surface area (Å²) in [5, 5.41) is 10.2. The Kier molecular flexibility index (Phi) is 4.78. The van der Waals surface area contributed by atoms with Crippen molar-refractivity contribution in [3.63, 3.8) is 0 Å². The molecule has 0 spiro atoms. The number of halogens is 1. The molecule has 4 heterocycles. The van der Waals surface area contributed by atoms with Crippen molar-refractivity contribution in [2.75, 3.05) is 31.1 Å². The van der Waals surface area contributed by atoms with Gasteiger partial charge in [0.25, 0.3) is 0 Å². The number of carboxylic acid groups (broad SMARTS) is 1. The third kappa shape index (κ3) is 3.13. The Morgan fingerprint density at radius 3 is 2.45 bits per heavy atom. The number of thioether (sulfide) groups is 1. The van der Waals surface area contributed by atoms with Gasteiger partial charge in [-0.05, 0) is 44.8 Å². The molecule has 0 amide bonds. The Morgan fingerprint density at radius 1 is 1.10 bits per heavy atom. The highest BCUT2D eigenvalue weighted by Crippen LogP contribution is 2.38. The van der Waals surface area contributed by atoms with Gasteiger partial charge in [0.1, 0.15) is 11.4 Å². The first-order valence-corrected chi connectivity index (χ1v) is 11.3. The third-order valence-electron chi connectivity index (χ3n) is 6.54. The molecule has 0 atom stereocenters. The molecule has 154 valence electrons. The molecule has 2 fully saturated rings. The zero-order chi connectivity index (χ0) is 20.1. The molecule has 0 bridgehead atoms. The number of rotatable bonds is 3. The summed E-state index contributed by atoms with van der Waals surface area (Å²) in [7, 11) is 0. The molecule has 5 rings (SSSR count). The van der Waals surface area contributed by atoms with Crippen LogP contribution in [-0.2, 0) is 5.88 Å². The summed E-state index contributed by atoms with van der Waals surface area (Å²) in [4.78, 5) is 29.0. The van der Waals surface area contributed by atoms with E-state index in [0.29, 0.717) is 33.5 Å². The van der Waals surface area contributed by atoms with Crippen LogP contribution in [0.5, 0.6) is 0 Å². The van der Waals surface area contributed by atoms with Gasteiger partial charge in [-0.15, -0.1) is 0 Å². The molecular formula is C21H24FN3O3S. The van der Waals surface area contributed by atoms with Crippen LogP contribution in [0, 0.1) is 5.82 Å². The van der Waals surface area contributed by atoms with E-state index in [1.54, 1.807) is 10.6 Å². The lowest BCUT2D eigenvalue weighted by Gasteiger charge is -2.41. The van der Waals surface area contributed by atoms with Gasteiger partial charge in [0.15, 0.2) is 0 Å². The van der Waals surface area contributed by atoms with Gasteiger partial charge in [0, 0.05) is 30.6 Å². The number of hydrogen-bond donors (Lipinski definition) is 1. The number of benzene rings is 1. The lowest BCUT2D eigenvalue weighted by molar-refractivity contribution is 0.0689. The molecule has 1 aromatic carbocycles. The van der Waals surface area contributed by atoms with Crippen molar-refractivity contribution in [3.05, 3.63) is 33.7 Å². The van der Waals surface area contributed by atoms with Gasteiger partial charge >= 0.3 is 5.97 Å². The maximum atomic E-state index is 15.0. The molecule has 6 nitrogen and oxygen atoms in total. The molecule has 2 saturated heterocycles. The van der Waals surface area contributed by atoms with Crippen molar-refractivity contribution in [2.45, 2.75) is 49.0 Å². The van der Waals surface area contributed by atoms with E-state index in [1.165, 1.54) is 37.1 Å². The van der Waals surface area contributed by atoms with Gasteiger partial charge in [-0.2, -0.15) is 0 Å². The molecule has 29 heavy (non-hydrogen) atoms. The lowest BCUT2D eigenvalue weighted by atomic mass is 9.99. The summed E-state index contributed by atoms with van der Waals surface area (Å²) in [6.45, 7) is 3.81. The molecule has 0 unspecified atom stereocenters. The number of hydrogen-bond acceptors (Lipinski definition) is 5. The van der Waals surface area contributed by atoms with Gasteiger partial charge in [0.05, 0.1) is 22.1 Å². The largest absolute Gasteiger partial charge is 0.477 e. The summed E-state index contributed by atoms with van der Waals surface area (Å²) < 4.78 is 16.7. The van der Waals surface area contributed by atoms with E-state index in [9.17, 15) is 19.1 Å². The molecule has 8 heteroatoms. The lowest BCUT2D eigenvalue weighted by Crippen LogP contribution is -2.47. The molecule has 1 N–H and O–H groups in total. The standard InChI is InChI=1S/C21H24FN3O3S/c22-15-11-16-14(19(26)18(21(27)28)20-25(16)12-29-20)10-17(15)24-8-4-13(5-9-24)23-6-2-1-3-7-23/h10-11,13H,1-9,12H2,(H,27,28). The predicted octanol–water partition coefficient (Wildman–Crippen LogP) is 3.36. The molecule has 0 aliphatic carbocycles. The highest BCUT2D eigenvalue weighted by Gasteiger charge is 2.30. The highest BCUT2D eigenvalue weighted by atomic mass is 32.2. The number of likely N-dealkylation sites (tertiary alicyclic amines) is 1. The number of nitrogens with zero attached hydrogens (tertiary/aromatic N) is 3. The van der Waals surface area contributed by atoms with E-state index in [-0.39, 0.29) is 11.4 Å².